The number of thiazole rings is 1. The van der Waals surface area contributed by atoms with Crippen LogP contribution in [0.3, 0.4) is 0 Å². The number of nitrogens with two attached hydrogens (primary N) is 1. The molecule has 0 saturated heterocycles. The van der Waals surface area contributed by atoms with Crippen molar-refractivity contribution in [2.24, 2.45) is 5.14 Å². The number of rotatable bonds is 6. The highest BCUT2D eigenvalue weighted by Crippen LogP contribution is 2.26. The standard InChI is InChI=1S/C9H16N2O3S2/c1-2-3-4-5-7(12)9-11-6-8(15-9)16(10,13)14/h6-7,12H,2-5H2,1H3,(H2,10,13,14). The van der Waals surface area contributed by atoms with Crippen LogP contribution in [0.15, 0.2) is 10.4 Å². The molecule has 16 heavy (non-hydrogen) atoms. The molecule has 5 nitrogen and oxygen atoms in total. The van der Waals surface area contributed by atoms with Crippen molar-refractivity contribution in [2.45, 2.75) is 42.9 Å². The van der Waals surface area contributed by atoms with Crippen molar-refractivity contribution in [2.75, 3.05) is 0 Å². The minimum absolute atomic E-state index is 0.00274. The topological polar surface area (TPSA) is 93.3 Å². The van der Waals surface area contributed by atoms with Crippen LogP contribution >= 0.6 is 11.3 Å². The molecule has 0 saturated carbocycles. The van der Waals surface area contributed by atoms with E-state index in [9.17, 15) is 13.5 Å². The molecule has 1 rings (SSSR count). The van der Waals surface area contributed by atoms with E-state index in [1.807, 2.05) is 0 Å². The van der Waals surface area contributed by atoms with Crippen molar-refractivity contribution >= 4 is 21.4 Å². The maximum absolute atomic E-state index is 11.0. The third kappa shape index (κ3) is 3.82. The third-order valence-electron chi connectivity index (χ3n) is 2.15. The summed E-state index contributed by atoms with van der Waals surface area (Å²) in [5, 5.41) is 15.1. The summed E-state index contributed by atoms with van der Waals surface area (Å²) < 4.78 is 22.0. The van der Waals surface area contributed by atoms with Gasteiger partial charge in [0.25, 0.3) is 0 Å². The molecule has 1 heterocycles. The normalized spacial score (nSPS) is 13.9. The second kappa shape index (κ2) is 5.72. The summed E-state index contributed by atoms with van der Waals surface area (Å²) in [7, 11) is -3.70. The lowest BCUT2D eigenvalue weighted by molar-refractivity contribution is 0.163. The van der Waals surface area contributed by atoms with E-state index in [0.717, 1.165) is 30.6 Å². The zero-order valence-electron chi connectivity index (χ0n) is 9.09. The minimum Gasteiger partial charge on any atom is -0.386 e. The number of aliphatic hydroxyl groups is 1. The number of nitrogens with zero attached hydrogens (tertiary/aromatic N) is 1. The van der Waals surface area contributed by atoms with Gasteiger partial charge in [-0.3, -0.25) is 0 Å². The van der Waals surface area contributed by atoms with Gasteiger partial charge in [0, 0.05) is 0 Å². The zero-order valence-corrected chi connectivity index (χ0v) is 10.7. The van der Waals surface area contributed by atoms with E-state index < -0.39 is 16.1 Å². The fraction of sp³-hybridized carbons (Fsp3) is 0.667. The van der Waals surface area contributed by atoms with Gasteiger partial charge in [0.2, 0.25) is 10.0 Å². The summed E-state index contributed by atoms with van der Waals surface area (Å²) in [6, 6.07) is 0. The molecule has 1 aromatic heterocycles. The molecule has 92 valence electrons. The summed E-state index contributed by atoms with van der Waals surface area (Å²) in [6.07, 6.45) is 4.13. The number of hydrogen-bond donors (Lipinski definition) is 2. The number of unbranched alkanes of at least 4 members (excludes halogenated alkanes) is 2. The van der Waals surface area contributed by atoms with Crippen molar-refractivity contribution in [3.63, 3.8) is 0 Å². The van der Waals surface area contributed by atoms with E-state index >= 15 is 0 Å². The van der Waals surface area contributed by atoms with E-state index in [1.54, 1.807) is 0 Å². The summed E-state index contributed by atoms with van der Waals surface area (Å²) in [6.45, 7) is 2.08. The molecule has 1 atom stereocenters. The highest BCUT2D eigenvalue weighted by molar-refractivity contribution is 7.91. The Labute approximate surface area is 99.4 Å². The van der Waals surface area contributed by atoms with Crippen molar-refractivity contribution < 1.29 is 13.5 Å². The molecule has 0 bridgehead atoms. The van der Waals surface area contributed by atoms with Crippen LogP contribution in [-0.2, 0) is 10.0 Å². The van der Waals surface area contributed by atoms with Crippen LogP contribution in [0.4, 0.5) is 0 Å². The molecule has 0 fully saturated rings. The van der Waals surface area contributed by atoms with Gasteiger partial charge in [-0.05, 0) is 6.42 Å². The second-order valence-electron chi connectivity index (χ2n) is 3.57. The van der Waals surface area contributed by atoms with Crippen LogP contribution in [0, 0.1) is 0 Å². The van der Waals surface area contributed by atoms with Gasteiger partial charge in [0.15, 0.2) is 4.21 Å². The number of aliphatic hydroxyl groups excluding tert-OH is 1. The fourth-order valence-electron chi connectivity index (χ4n) is 1.27. The molecule has 7 heteroatoms. The van der Waals surface area contributed by atoms with E-state index in [4.69, 9.17) is 5.14 Å². The van der Waals surface area contributed by atoms with Gasteiger partial charge in [0.05, 0.1) is 6.20 Å². The Kier molecular flexibility index (Phi) is 4.85. The number of hydrogen-bond acceptors (Lipinski definition) is 5. The van der Waals surface area contributed by atoms with Crippen LogP contribution in [0.25, 0.3) is 0 Å². The quantitative estimate of drug-likeness (QED) is 0.759. The highest BCUT2D eigenvalue weighted by atomic mass is 32.2. The first-order chi connectivity index (χ1) is 7.45. The summed E-state index contributed by atoms with van der Waals surface area (Å²) in [4.78, 5) is 3.87. The smallest absolute Gasteiger partial charge is 0.249 e. The van der Waals surface area contributed by atoms with E-state index in [2.05, 4.69) is 11.9 Å². The molecule has 0 aliphatic heterocycles. The fourth-order valence-corrected chi connectivity index (χ4v) is 2.86. The molecule has 0 aliphatic carbocycles. The molecular weight excluding hydrogens is 248 g/mol. The lowest BCUT2D eigenvalue weighted by Crippen LogP contribution is -2.09. The number of aromatic nitrogens is 1. The van der Waals surface area contributed by atoms with Crippen molar-refractivity contribution in [1.82, 2.24) is 4.98 Å². The van der Waals surface area contributed by atoms with Crippen LogP contribution in [0.5, 0.6) is 0 Å². The largest absolute Gasteiger partial charge is 0.386 e. The third-order valence-corrected chi connectivity index (χ3v) is 4.66. The first kappa shape index (κ1) is 13.6. The second-order valence-corrected chi connectivity index (χ2v) is 6.42. The van der Waals surface area contributed by atoms with Crippen LogP contribution in [0.2, 0.25) is 0 Å². The van der Waals surface area contributed by atoms with Gasteiger partial charge in [-0.2, -0.15) is 0 Å². The van der Waals surface area contributed by atoms with Gasteiger partial charge in [-0.15, -0.1) is 11.3 Å². The molecule has 1 aromatic rings. The van der Waals surface area contributed by atoms with Gasteiger partial charge < -0.3 is 5.11 Å². The summed E-state index contributed by atoms with van der Waals surface area (Å²) >= 11 is 0.932. The molecular formula is C9H16N2O3S2. The predicted octanol–water partition coefficient (Wildman–Crippen LogP) is 1.40. The van der Waals surface area contributed by atoms with Gasteiger partial charge in [-0.25, -0.2) is 18.5 Å². The minimum atomic E-state index is -3.70. The average molecular weight is 264 g/mol. The molecule has 0 aliphatic rings. The monoisotopic (exact) mass is 264 g/mol. The Hall–Kier alpha value is -0.500. The van der Waals surface area contributed by atoms with E-state index in [0.29, 0.717) is 11.4 Å². The number of sulfonamides is 1. The van der Waals surface area contributed by atoms with Gasteiger partial charge in [0.1, 0.15) is 11.1 Å². The molecule has 3 N–H and O–H groups in total. The first-order valence-corrected chi connectivity index (χ1v) is 7.48. The SMILES string of the molecule is CCCCCC(O)c1ncc(S(N)(=O)=O)s1. The Morgan fingerprint density at radius 2 is 2.25 bits per heavy atom. The van der Waals surface area contributed by atoms with Gasteiger partial charge in [-0.1, -0.05) is 26.2 Å². The Morgan fingerprint density at radius 1 is 1.56 bits per heavy atom. The molecule has 0 aromatic carbocycles. The first-order valence-electron chi connectivity index (χ1n) is 5.11. The zero-order chi connectivity index (χ0) is 12.2. The Bertz CT molecular complexity index is 428. The van der Waals surface area contributed by atoms with Crippen molar-refractivity contribution in [3.8, 4) is 0 Å². The van der Waals surface area contributed by atoms with E-state index in [1.165, 1.54) is 6.20 Å². The maximum atomic E-state index is 11.0. The molecule has 0 radical (unpaired) electrons. The van der Waals surface area contributed by atoms with Crippen LogP contribution < -0.4 is 5.14 Å². The average Bonchev–Trinajstić information content (AvgIpc) is 2.66. The Balaban J connectivity index is 2.64. The van der Waals surface area contributed by atoms with Crippen molar-refractivity contribution in [1.29, 1.82) is 0 Å². The summed E-state index contributed by atoms with van der Waals surface area (Å²) in [5.41, 5.74) is 0. The molecule has 0 amide bonds. The van der Waals surface area contributed by atoms with Crippen LogP contribution in [0.1, 0.15) is 43.7 Å². The Morgan fingerprint density at radius 3 is 2.75 bits per heavy atom. The molecule has 0 spiro atoms. The maximum Gasteiger partial charge on any atom is 0.249 e. The van der Waals surface area contributed by atoms with Crippen molar-refractivity contribution in [3.05, 3.63) is 11.2 Å². The number of primary sulfonamides is 1. The highest BCUT2D eigenvalue weighted by Gasteiger charge is 2.17. The van der Waals surface area contributed by atoms with Gasteiger partial charge >= 0.3 is 0 Å². The lowest BCUT2D eigenvalue weighted by Gasteiger charge is -2.05. The predicted molar refractivity (Wildman–Crippen MR) is 62.6 cm³/mol. The lowest BCUT2D eigenvalue weighted by atomic mass is 10.1. The van der Waals surface area contributed by atoms with Crippen LogP contribution in [-0.4, -0.2) is 18.5 Å². The molecule has 1 unspecified atom stereocenters. The van der Waals surface area contributed by atoms with E-state index in [-0.39, 0.29) is 4.21 Å². The summed E-state index contributed by atoms with van der Waals surface area (Å²) in [5.74, 6) is 0.